The fourth-order valence-corrected chi connectivity index (χ4v) is 2.36. The highest BCUT2D eigenvalue weighted by Gasteiger charge is 2.03. The van der Waals surface area contributed by atoms with Crippen LogP contribution in [0.3, 0.4) is 0 Å². The third-order valence-corrected chi connectivity index (χ3v) is 3.26. The van der Waals surface area contributed by atoms with Gasteiger partial charge in [-0.3, -0.25) is 4.79 Å². The Balaban J connectivity index is 2.13. The van der Waals surface area contributed by atoms with Gasteiger partial charge in [0.25, 0.3) is 0 Å². The molecule has 19 heavy (non-hydrogen) atoms. The van der Waals surface area contributed by atoms with Gasteiger partial charge in [0, 0.05) is 0 Å². The topological polar surface area (TPSA) is 48.4 Å². The summed E-state index contributed by atoms with van der Waals surface area (Å²) in [5.74, 6) is 6.13. The number of hydrogen-bond acceptors (Lipinski definition) is 5. The van der Waals surface area contributed by atoms with E-state index in [1.54, 1.807) is 14.0 Å². The number of fused-ring (bicyclic) bond motifs is 1. The maximum Gasteiger partial charge on any atom is 0.317 e. The third kappa shape index (κ3) is 3.46. The number of esters is 1. The van der Waals surface area contributed by atoms with E-state index in [0.29, 0.717) is 11.6 Å². The number of methoxy groups -OCH3 is 1. The van der Waals surface area contributed by atoms with Crippen LogP contribution in [0.1, 0.15) is 18.4 Å². The number of thiazole rings is 1. The predicted octanol–water partition coefficient (Wildman–Crippen LogP) is 2.61. The van der Waals surface area contributed by atoms with Crippen molar-refractivity contribution < 1.29 is 14.3 Å². The molecule has 0 unspecified atom stereocenters. The summed E-state index contributed by atoms with van der Waals surface area (Å²) in [5.41, 5.74) is 0.881. The lowest BCUT2D eigenvalue weighted by Gasteiger charge is -1.96. The molecule has 0 amide bonds. The zero-order chi connectivity index (χ0) is 13.7. The standard InChI is InChI=1S/C14H13NO3S/c1-3-18-14(16)6-4-5-13-15-11-8-7-10(17-2)9-12(11)19-13/h7-9H,3,6H2,1-2H3. The molecule has 0 saturated heterocycles. The first kappa shape index (κ1) is 13.4. The SMILES string of the molecule is CCOC(=O)CC#Cc1nc2ccc(OC)cc2s1. The number of carbonyl (C=O) groups is 1. The van der Waals surface area contributed by atoms with E-state index in [2.05, 4.69) is 16.8 Å². The summed E-state index contributed by atoms with van der Waals surface area (Å²) in [4.78, 5) is 15.5. The average molecular weight is 275 g/mol. The zero-order valence-electron chi connectivity index (χ0n) is 10.7. The molecule has 0 aliphatic carbocycles. The highest BCUT2D eigenvalue weighted by atomic mass is 32.1. The summed E-state index contributed by atoms with van der Waals surface area (Å²) in [6.45, 7) is 2.15. The molecule has 0 saturated carbocycles. The van der Waals surface area contributed by atoms with Crippen LogP contribution in [0.2, 0.25) is 0 Å². The summed E-state index contributed by atoms with van der Waals surface area (Å²) >= 11 is 1.47. The highest BCUT2D eigenvalue weighted by Crippen LogP contribution is 2.25. The van der Waals surface area contributed by atoms with Gasteiger partial charge in [0.15, 0.2) is 5.01 Å². The number of nitrogens with zero attached hydrogens (tertiary/aromatic N) is 1. The van der Waals surface area contributed by atoms with Gasteiger partial charge in [-0.15, -0.1) is 11.3 Å². The van der Waals surface area contributed by atoms with Gasteiger partial charge in [-0.05, 0) is 31.0 Å². The molecule has 0 radical (unpaired) electrons. The Hall–Kier alpha value is -2.06. The van der Waals surface area contributed by atoms with Crippen LogP contribution in [0.5, 0.6) is 5.75 Å². The minimum Gasteiger partial charge on any atom is -0.497 e. The van der Waals surface area contributed by atoms with E-state index < -0.39 is 0 Å². The van der Waals surface area contributed by atoms with Crippen molar-refractivity contribution in [3.05, 3.63) is 23.2 Å². The Morgan fingerprint density at radius 1 is 1.47 bits per heavy atom. The van der Waals surface area contributed by atoms with E-state index in [1.165, 1.54) is 11.3 Å². The molecule has 2 rings (SSSR count). The second kappa shape index (κ2) is 6.21. The number of benzene rings is 1. The largest absolute Gasteiger partial charge is 0.497 e. The number of aromatic nitrogens is 1. The molecule has 4 nitrogen and oxygen atoms in total. The second-order valence-corrected chi connectivity index (χ2v) is 4.67. The van der Waals surface area contributed by atoms with Gasteiger partial charge in [0.1, 0.15) is 12.2 Å². The summed E-state index contributed by atoms with van der Waals surface area (Å²) in [7, 11) is 1.63. The van der Waals surface area contributed by atoms with Crippen LogP contribution >= 0.6 is 11.3 Å². The van der Waals surface area contributed by atoms with Gasteiger partial charge < -0.3 is 9.47 Å². The molecule has 1 heterocycles. The minimum absolute atomic E-state index is 0.0904. The Morgan fingerprint density at radius 2 is 2.32 bits per heavy atom. The van der Waals surface area contributed by atoms with Gasteiger partial charge in [-0.2, -0.15) is 0 Å². The van der Waals surface area contributed by atoms with Gasteiger partial charge in [-0.1, -0.05) is 5.92 Å². The number of rotatable bonds is 3. The average Bonchev–Trinajstić information content (AvgIpc) is 2.80. The second-order valence-electron chi connectivity index (χ2n) is 3.64. The smallest absolute Gasteiger partial charge is 0.317 e. The third-order valence-electron chi connectivity index (χ3n) is 2.33. The van der Waals surface area contributed by atoms with Crippen molar-refractivity contribution in [2.24, 2.45) is 0 Å². The monoisotopic (exact) mass is 275 g/mol. The van der Waals surface area contributed by atoms with Crippen molar-refractivity contribution in [3.63, 3.8) is 0 Å². The molecule has 0 atom stereocenters. The Labute approximate surface area is 115 Å². The van der Waals surface area contributed by atoms with E-state index in [0.717, 1.165) is 16.0 Å². The van der Waals surface area contributed by atoms with Gasteiger partial charge in [0.2, 0.25) is 0 Å². The quantitative estimate of drug-likeness (QED) is 0.638. The van der Waals surface area contributed by atoms with Crippen molar-refractivity contribution in [2.45, 2.75) is 13.3 Å². The first-order valence-electron chi connectivity index (χ1n) is 5.82. The lowest BCUT2D eigenvalue weighted by Crippen LogP contribution is -2.01. The van der Waals surface area contributed by atoms with E-state index in [4.69, 9.17) is 9.47 Å². The lowest BCUT2D eigenvalue weighted by atomic mass is 10.3. The van der Waals surface area contributed by atoms with Crippen LogP contribution in [-0.4, -0.2) is 24.7 Å². The Kier molecular flexibility index (Phi) is 4.37. The Bertz CT molecular complexity index is 651. The molecule has 0 aliphatic rings. The van der Waals surface area contributed by atoms with Crippen molar-refractivity contribution in [1.82, 2.24) is 4.98 Å². The number of ether oxygens (including phenoxy) is 2. The van der Waals surface area contributed by atoms with Crippen molar-refractivity contribution >= 4 is 27.5 Å². The van der Waals surface area contributed by atoms with Crippen molar-refractivity contribution in [2.75, 3.05) is 13.7 Å². The normalized spacial score (nSPS) is 9.79. The first-order valence-corrected chi connectivity index (χ1v) is 6.63. The van der Waals surface area contributed by atoms with E-state index in [-0.39, 0.29) is 12.4 Å². The summed E-state index contributed by atoms with van der Waals surface area (Å²) < 4.78 is 11.0. The van der Waals surface area contributed by atoms with E-state index in [1.807, 2.05) is 18.2 Å². The fourth-order valence-electron chi connectivity index (χ4n) is 1.49. The van der Waals surface area contributed by atoms with Crippen LogP contribution in [0.15, 0.2) is 18.2 Å². The van der Waals surface area contributed by atoms with E-state index in [9.17, 15) is 4.79 Å². The lowest BCUT2D eigenvalue weighted by molar-refractivity contribution is -0.141. The summed E-state index contributed by atoms with van der Waals surface area (Å²) in [6, 6.07) is 5.67. The Morgan fingerprint density at radius 3 is 3.05 bits per heavy atom. The molecule has 98 valence electrons. The van der Waals surface area contributed by atoms with Crippen molar-refractivity contribution in [1.29, 1.82) is 0 Å². The highest BCUT2D eigenvalue weighted by molar-refractivity contribution is 7.19. The molecule has 2 aromatic rings. The molecule has 5 heteroatoms. The number of hydrogen-bond donors (Lipinski definition) is 0. The maximum atomic E-state index is 11.1. The first-order chi connectivity index (χ1) is 9.22. The molecule has 0 spiro atoms. The van der Waals surface area contributed by atoms with Crippen LogP contribution < -0.4 is 4.74 Å². The van der Waals surface area contributed by atoms with Crippen LogP contribution in [0, 0.1) is 11.8 Å². The van der Waals surface area contributed by atoms with E-state index >= 15 is 0 Å². The van der Waals surface area contributed by atoms with Crippen LogP contribution in [0.25, 0.3) is 10.2 Å². The predicted molar refractivity (Wildman–Crippen MR) is 74.3 cm³/mol. The maximum absolute atomic E-state index is 11.1. The minimum atomic E-state index is -0.308. The summed E-state index contributed by atoms with van der Waals surface area (Å²) in [6.07, 6.45) is 0.0904. The molecule has 0 fully saturated rings. The molecule has 0 N–H and O–H groups in total. The molecular formula is C14H13NO3S. The molecular weight excluding hydrogens is 262 g/mol. The molecule has 0 bridgehead atoms. The molecule has 0 aliphatic heterocycles. The van der Waals surface area contributed by atoms with Crippen LogP contribution in [-0.2, 0) is 9.53 Å². The van der Waals surface area contributed by atoms with Gasteiger partial charge in [-0.25, -0.2) is 4.98 Å². The van der Waals surface area contributed by atoms with Crippen LogP contribution in [0.4, 0.5) is 0 Å². The summed E-state index contributed by atoms with van der Waals surface area (Å²) in [5, 5.41) is 0.688. The van der Waals surface area contributed by atoms with Crippen molar-refractivity contribution in [3.8, 4) is 17.6 Å². The number of carbonyl (C=O) groups excluding carboxylic acids is 1. The molecule has 1 aromatic heterocycles. The molecule has 1 aromatic carbocycles. The van der Waals surface area contributed by atoms with Gasteiger partial charge >= 0.3 is 5.97 Å². The van der Waals surface area contributed by atoms with Gasteiger partial charge in [0.05, 0.1) is 23.9 Å². The fraction of sp³-hybridized carbons (Fsp3) is 0.286. The zero-order valence-corrected chi connectivity index (χ0v) is 11.5.